The molecule has 1 atom stereocenters. The van der Waals surface area contributed by atoms with E-state index in [2.05, 4.69) is 20.7 Å². The van der Waals surface area contributed by atoms with Crippen LogP contribution in [0.2, 0.25) is 0 Å². The van der Waals surface area contributed by atoms with Crippen LogP contribution in [0.5, 0.6) is 0 Å². The van der Waals surface area contributed by atoms with Crippen LogP contribution in [-0.4, -0.2) is 39.1 Å². The van der Waals surface area contributed by atoms with E-state index < -0.39 is 0 Å². The number of rotatable bonds is 3. The Labute approximate surface area is 149 Å². The number of carbonyl (C=O) groups excluding carboxylic acids is 2. The van der Waals surface area contributed by atoms with Gasteiger partial charge in [0.05, 0.1) is 23.5 Å². The third kappa shape index (κ3) is 2.65. The summed E-state index contributed by atoms with van der Waals surface area (Å²) in [6.45, 7) is 4.39. The van der Waals surface area contributed by atoms with Crippen LogP contribution in [0.25, 0.3) is 5.65 Å². The third-order valence-electron chi connectivity index (χ3n) is 4.49. The number of hydrogen-bond donors (Lipinski definition) is 2. The smallest absolute Gasteiger partial charge is 0.322 e. The number of nitrogens with zero attached hydrogens (tertiary/aromatic N) is 4. The lowest BCUT2D eigenvalue weighted by Gasteiger charge is -2.20. The summed E-state index contributed by atoms with van der Waals surface area (Å²) < 4.78 is 1.63. The second-order valence-electron chi connectivity index (χ2n) is 6.27. The van der Waals surface area contributed by atoms with Crippen molar-refractivity contribution in [3.63, 3.8) is 0 Å². The normalized spacial score (nSPS) is 16.8. The molecule has 4 rings (SSSR count). The van der Waals surface area contributed by atoms with Crippen molar-refractivity contribution >= 4 is 29.0 Å². The number of amides is 3. The standard InChI is InChI=1S/C18H18N6O2/c1-11-9-20-18(26)23(11)14-5-3-4-13(8-14)22-17(25)15-10-19-16-6-7-21-24(16)12(15)2/h3-8,10-11H,9H2,1-2H3,(H,20,26)(H,22,25). The molecule has 3 amide bonds. The maximum atomic E-state index is 12.7. The topological polar surface area (TPSA) is 91.6 Å². The molecule has 1 aliphatic heterocycles. The van der Waals surface area contributed by atoms with Gasteiger partial charge in [0.1, 0.15) is 0 Å². The van der Waals surface area contributed by atoms with Crippen molar-refractivity contribution < 1.29 is 9.59 Å². The summed E-state index contributed by atoms with van der Waals surface area (Å²) in [6.07, 6.45) is 3.18. The van der Waals surface area contributed by atoms with Gasteiger partial charge in [-0.1, -0.05) is 6.07 Å². The molecule has 1 saturated heterocycles. The van der Waals surface area contributed by atoms with Crippen molar-refractivity contribution in [1.82, 2.24) is 19.9 Å². The predicted molar refractivity (Wildman–Crippen MR) is 97.5 cm³/mol. The molecular formula is C18H18N6O2. The number of hydrogen-bond acceptors (Lipinski definition) is 4. The van der Waals surface area contributed by atoms with Gasteiger partial charge in [-0.25, -0.2) is 14.3 Å². The summed E-state index contributed by atoms with van der Waals surface area (Å²) in [5, 5.41) is 9.85. The number of aryl methyl sites for hydroxylation is 1. The van der Waals surface area contributed by atoms with Gasteiger partial charge in [0.25, 0.3) is 5.91 Å². The minimum atomic E-state index is -0.275. The van der Waals surface area contributed by atoms with E-state index >= 15 is 0 Å². The summed E-state index contributed by atoms with van der Waals surface area (Å²) in [6, 6.07) is 8.93. The Kier molecular flexibility index (Phi) is 3.80. The van der Waals surface area contributed by atoms with Crippen LogP contribution in [0.3, 0.4) is 0 Å². The van der Waals surface area contributed by atoms with Gasteiger partial charge in [-0.2, -0.15) is 5.10 Å². The Morgan fingerprint density at radius 2 is 2.19 bits per heavy atom. The molecule has 1 aromatic carbocycles. The van der Waals surface area contributed by atoms with Crippen LogP contribution in [-0.2, 0) is 0 Å². The lowest BCUT2D eigenvalue weighted by atomic mass is 10.2. The highest BCUT2D eigenvalue weighted by atomic mass is 16.2. The van der Waals surface area contributed by atoms with Gasteiger partial charge in [0, 0.05) is 30.2 Å². The van der Waals surface area contributed by atoms with Crippen LogP contribution in [0.15, 0.2) is 42.7 Å². The van der Waals surface area contributed by atoms with Crippen molar-refractivity contribution in [2.24, 2.45) is 0 Å². The van der Waals surface area contributed by atoms with E-state index in [0.29, 0.717) is 29.1 Å². The van der Waals surface area contributed by atoms with Crippen molar-refractivity contribution in [1.29, 1.82) is 0 Å². The van der Waals surface area contributed by atoms with Crippen molar-refractivity contribution in [2.45, 2.75) is 19.9 Å². The Hall–Kier alpha value is -3.42. The molecule has 26 heavy (non-hydrogen) atoms. The first-order valence-electron chi connectivity index (χ1n) is 8.32. The minimum Gasteiger partial charge on any atom is -0.336 e. The van der Waals surface area contributed by atoms with Gasteiger partial charge in [0.2, 0.25) is 0 Å². The summed E-state index contributed by atoms with van der Waals surface area (Å²) in [7, 11) is 0. The number of benzene rings is 1. The van der Waals surface area contributed by atoms with E-state index in [1.807, 2.05) is 26.0 Å². The number of aromatic nitrogens is 3. The molecule has 1 unspecified atom stereocenters. The first-order valence-corrected chi connectivity index (χ1v) is 8.32. The third-order valence-corrected chi connectivity index (χ3v) is 4.49. The van der Waals surface area contributed by atoms with E-state index in [4.69, 9.17) is 0 Å². The molecular weight excluding hydrogens is 332 g/mol. The fourth-order valence-electron chi connectivity index (χ4n) is 3.13. The van der Waals surface area contributed by atoms with Gasteiger partial charge < -0.3 is 10.6 Å². The second kappa shape index (κ2) is 6.14. The second-order valence-corrected chi connectivity index (χ2v) is 6.27. The zero-order chi connectivity index (χ0) is 18.3. The molecule has 132 valence electrons. The summed E-state index contributed by atoms with van der Waals surface area (Å²) in [5.41, 5.74) is 3.19. The molecule has 0 aliphatic carbocycles. The van der Waals surface area contributed by atoms with Crippen LogP contribution < -0.4 is 15.5 Å². The fraction of sp³-hybridized carbons (Fsp3) is 0.222. The van der Waals surface area contributed by atoms with Crippen LogP contribution in [0.4, 0.5) is 16.2 Å². The quantitative estimate of drug-likeness (QED) is 0.757. The molecule has 2 aromatic heterocycles. The Balaban J connectivity index is 1.60. The van der Waals surface area contributed by atoms with Crippen LogP contribution in [0, 0.1) is 6.92 Å². The molecule has 3 aromatic rings. The average Bonchev–Trinajstić information content (AvgIpc) is 3.22. The number of anilines is 2. The first kappa shape index (κ1) is 16.1. The van der Waals surface area contributed by atoms with E-state index in [0.717, 1.165) is 5.69 Å². The summed E-state index contributed by atoms with van der Waals surface area (Å²) >= 11 is 0. The zero-order valence-corrected chi connectivity index (χ0v) is 14.4. The number of urea groups is 1. The van der Waals surface area contributed by atoms with Crippen molar-refractivity contribution in [3.05, 3.63) is 54.0 Å². The SMILES string of the molecule is Cc1c(C(=O)Nc2cccc(N3C(=O)NCC3C)c2)cnc2ccnn12. The molecule has 1 fully saturated rings. The van der Waals surface area contributed by atoms with Gasteiger partial charge in [-0.05, 0) is 32.0 Å². The van der Waals surface area contributed by atoms with Crippen LogP contribution >= 0.6 is 0 Å². The van der Waals surface area contributed by atoms with Crippen LogP contribution in [0.1, 0.15) is 23.0 Å². The average molecular weight is 350 g/mol. The summed E-state index contributed by atoms with van der Waals surface area (Å²) in [4.78, 5) is 30.6. The highest BCUT2D eigenvalue weighted by Gasteiger charge is 2.28. The van der Waals surface area contributed by atoms with Gasteiger partial charge in [-0.15, -0.1) is 0 Å². The Bertz CT molecular complexity index is 1010. The van der Waals surface area contributed by atoms with Crippen molar-refractivity contribution in [3.8, 4) is 0 Å². The molecule has 0 radical (unpaired) electrons. The lowest BCUT2D eigenvalue weighted by Crippen LogP contribution is -2.32. The molecule has 8 heteroatoms. The predicted octanol–water partition coefficient (Wildman–Crippen LogP) is 2.21. The highest BCUT2D eigenvalue weighted by Crippen LogP contribution is 2.24. The minimum absolute atomic E-state index is 0.0575. The summed E-state index contributed by atoms with van der Waals surface area (Å²) in [5.74, 6) is -0.275. The van der Waals surface area contributed by atoms with Crippen molar-refractivity contribution in [2.75, 3.05) is 16.8 Å². The van der Waals surface area contributed by atoms with Gasteiger partial charge >= 0.3 is 6.03 Å². The molecule has 0 bridgehead atoms. The van der Waals surface area contributed by atoms with E-state index in [-0.39, 0.29) is 18.0 Å². The maximum Gasteiger partial charge on any atom is 0.322 e. The maximum absolute atomic E-state index is 12.7. The van der Waals surface area contributed by atoms with E-state index in [1.54, 1.807) is 40.0 Å². The van der Waals surface area contributed by atoms with E-state index in [1.165, 1.54) is 0 Å². The monoisotopic (exact) mass is 350 g/mol. The molecule has 2 N–H and O–H groups in total. The zero-order valence-electron chi connectivity index (χ0n) is 14.4. The molecule has 1 aliphatic rings. The molecule has 8 nitrogen and oxygen atoms in total. The molecule has 3 heterocycles. The Morgan fingerprint density at radius 3 is 2.96 bits per heavy atom. The van der Waals surface area contributed by atoms with Gasteiger partial charge in [0.15, 0.2) is 5.65 Å². The molecule has 0 spiro atoms. The highest BCUT2D eigenvalue weighted by molar-refractivity contribution is 6.05. The largest absolute Gasteiger partial charge is 0.336 e. The first-order chi connectivity index (χ1) is 12.5. The molecule has 0 saturated carbocycles. The van der Waals surface area contributed by atoms with E-state index in [9.17, 15) is 9.59 Å². The Morgan fingerprint density at radius 1 is 1.35 bits per heavy atom. The number of carbonyl (C=O) groups is 2. The lowest BCUT2D eigenvalue weighted by molar-refractivity contribution is 0.102. The number of nitrogens with one attached hydrogen (secondary N) is 2. The van der Waals surface area contributed by atoms with Gasteiger partial charge in [-0.3, -0.25) is 9.69 Å². The fourth-order valence-corrected chi connectivity index (χ4v) is 3.13. The number of fused-ring (bicyclic) bond motifs is 1.